The van der Waals surface area contributed by atoms with Gasteiger partial charge in [-0.25, -0.2) is 12.8 Å². The lowest BCUT2D eigenvalue weighted by Gasteiger charge is -2.34. The molecule has 8 heteroatoms. The van der Waals surface area contributed by atoms with Gasteiger partial charge in [-0.15, -0.1) is 11.8 Å². The third-order valence-electron chi connectivity index (χ3n) is 4.35. The van der Waals surface area contributed by atoms with E-state index in [1.165, 1.54) is 28.2 Å². The molecular formula is C19H21FN2O3S2. The van der Waals surface area contributed by atoms with Crippen LogP contribution < -0.4 is 0 Å². The summed E-state index contributed by atoms with van der Waals surface area (Å²) in [5.41, 5.74) is 0.756. The van der Waals surface area contributed by atoms with Crippen molar-refractivity contribution in [2.24, 2.45) is 0 Å². The minimum atomic E-state index is -3.39. The quantitative estimate of drug-likeness (QED) is 0.690. The van der Waals surface area contributed by atoms with E-state index in [1.54, 1.807) is 29.2 Å². The summed E-state index contributed by atoms with van der Waals surface area (Å²) in [6, 6.07) is 15.1. The van der Waals surface area contributed by atoms with Gasteiger partial charge in [-0.2, -0.15) is 4.31 Å². The summed E-state index contributed by atoms with van der Waals surface area (Å²) < 4.78 is 39.5. The molecule has 0 N–H and O–H groups in total. The number of amides is 1. The Balaban J connectivity index is 1.49. The van der Waals surface area contributed by atoms with Gasteiger partial charge >= 0.3 is 0 Å². The van der Waals surface area contributed by atoms with E-state index < -0.39 is 10.0 Å². The lowest BCUT2D eigenvalue weighted by Crippen LogP contribution is -2.51. The van der Waals surface area contributed by atoms with Crippen molar-refractivity contribution in [3.63, 3.8) is 0 Å². The predicted molar refractivity (Wildman–Crippen MR) is 104 cm³/mol. The number of carbonyl (C=O) groups excluding carboxylic acids is 1. The van der Waals surface area contributed by atoms with Crippen LogP contribution in [0.4, 0.5) is 4.39 Å². The van der Waals surface area contributed by atoms with Gasteiger partial charge in [0.1, 0.15) is 5.82 Å². The molecule has 1 fully saturated rings. The third kappa shape index (κ3) is 5.54. The van der Waals surface area contributed by atoms with Gasteiger partial charge in [-0.3, -0.25) is 4.79 Å². The van der Waals surface area contributed by atoms with Gasteiger partial charge in [-0.05, 0) is 29.8 Å². The molecule has 0 saturated carbocycles. The molecule has 0 radical (unpaired) electrons. The second-order valence-electron chi connectivity index (χ2n) is 6.26. The number of piperazine rings is 1. The van der Waals surface area contributed by atoms with Crippen LogP contribution in [0.3, 0.4) is 0 Å². The number of carbonyl (C=O) groups is 1. The summed E-state index contributed by atoms with van der Waals surface area (Å²) >= 11 is 1.35. The van der Waals surface area contributed by atoms with E-state index >= 15 is 0 Å². The molecule has 0 aromatic heterocycles. The molecule has 2 aromatic rings. The van der Waals surface area contributed by atoms with Crippen molar-refractivity contribution >= 4 is 27.7 Å². The predicted octanol–water partition coefficient (Wildman–Crippen LogP) is 2.59. The average molecular weight is 409 g/mol. The van der Waals surface area contributed by atoms with E-state index in [9.17, 15) is 17.6 Å². The van der Waals surface area contributed by atoms with Gasteiger partial charge in [-0.1, -0.05) is 30.3 Å². The Morgan fingerprint density at radius 1 is 0.963 bits per heavy atom. The highest BCUT2D eigenvalue weighted by Gasteiger charge is 2.28. The number of halogens is 1. The maximum absolute atomic E-state index is 12.9. The molecule has 144 valence electrons. The number of hydrogen-bond acceptors (Lipinski definition) is 4. The molecule has 1 saturated heterocycles. The van der Waals surface area contributed by atoms with E-state index in [2.05, 4.69) is 0 Å². The molecule has 0 aliphatic carbocycles. The lowest BCUT2D eigenvalue weighted by molar-refractivity contribution is -0.129. The molecule has 0 bridgehead atoms. The van der Waals surface area contributed by atoms with Gasteiger partial charge in [0.25, 0.3) is 0 Å². The van der Waals surface area contributed by atoms with Crippen LogP contribution in [0.5, 0.6) is 0 Å². The van der Waals surface area contributed by atoms with Gasteiger partial charge < -0.3 is 4.90 Å². The fourth-order valence-corrected chi connectivity index (χ4v) is 5.18. The average Bonchev–Trinajstić information content (AvgIpc) is 2.68. The smallest absolute Gasteiger partial charge is 0.233 e. The summed E-state index contributed by atoms with van der Waals surface area (Å²) in [5.74, 6) is -0.118. The molecule has 3 rings (SSSR count). The Hall–Kier alpha value is -1.90. The number of hydrogen-bond donors (Lipinski definition) is 0. The fourth-order valence-electron chi connectivity index (χ4n) is 2.86. The second-order valence-corrected chi connectivity index (χ2v) is 9.28. The van der Waals surface area contributed by atoms with Crippen molar-refractivity contribution < 1.29 is 17.6 Å². The molecule has 0 atom stereocenters. The highest BCUT2D eigenvalue weighted by Crippen LogP contribution is 2.19. The van der Waals surface area contributed by atoms with Crippen LogP contribution in [0.1, 0.15) is 5.56 Å². The molecule has 5 nitrogen and oxygen atoms in total. The second kappa shape index (κ2) is 8.86. The first kappa shape index (κ1) is 19.9. The molecule has 1 amide bonds. The molecule has 0 unspecified atom stereocenters. The van der Waals surface area contributed by atoms with Gasteiger partial charge in [0.15, 0.2) is 0 Å². The molecule has 2 aromatic carbocycles. The topological polar surface area (TPSA) is 57.7 Å². The lowest BCUT2D eigenvalue weighted by atomic mass is 10.2. The summed E-state index contributed by atoms with van der Waals surface area (Å²) in [7, 11) is -3.39. The van der Waals surface area contributed by atoms with Gasteiger partial charge in [0.2, 0.25) is 15.9 Å². The zero-order valence-corrected chi connectivity index (χ0v) is 16.4. The highest BCUT2D eigenvalue weighted by molar-refractivity contribution is 8.00. The Bertz CT molecular complexity index is 866. The first-order chi connectivity index (χ1) is 12.9. The summed E-state index contributed by atoms with van der Waals surface area (Å²) in [6.45, 7) is 1.39. The van der Waals surface area contributed by atoms with Crippen molar-refractivity contribution in [3.8, 4) is 0 Å². The van der Waals surface area contributed by atoms with E-state index in [0.29, 0.717) is 26.2 Å². The first-order valence-electron chi connectivity index (χ1n) is 8.62. The maximum atomic E-state index is 12.9. The van der Waals surface area contributed by atoms with Gasteiger partial charge in [0.05, 0.1) is 11.5 Å². The van der Waals surface area contributed by atoms with Crippen molar-refractivity contribution in [1.29, 1.82) is 0 Å². The monoisotopic (exact) mass is 408 g/mol. The van der Waals surface area contributed by atoms with Crippen LogP contribution in [0.2, 0.25) is 0 Å². The Labute approximate surface area is 163 Å². The van der Waals surface area contributed by atoms with Crippen LogP contribution >= 0.6 is 11.8 Å². The minimum absolute atomic E-state index is 0.0256. The number of sulfonamides is 1. The molecule has 0 spiro atoms. The number of thioether (sulfide) groups is 1. The summed E-state index contributed by atoms with van der Waals surface area (Å²) in [5, 5.41) is 0. The Morgan fingerprint density at radius 3 is 2.22 bits per heavy atom. The SMILES string of the molecule is O=C(CSc1ccc(F)cc1)N1CCN(S(=O)(=O)Cc2ccccc2)CC1. The third-order valence-corrected chi connectivity index (χ3v) is 7.20. The van der Waals surface area contributed by atoms with Crippen molar-refractivity contribution in [3.05, 3.63) is 66.0 Å². The molecule has 27 heavy (non-hydrogen) atoms. The summed E-state index contributed by atoms with van der Waals surface area (Å²) in [6.07, 6.45) is 0. The summed E-state index contributed by atoms with van der Waals surface area (Å²) in [4.78, 5) is 14.9. The Kier molecular flexibility index (Phi) is 6.51. The van der Waals surface area contributed by atoms with E-state index in [1.807, 2.05) is 18.2 Å². The van der Waals surface area contributed by atoms with E-state index in [-0.39, 0.29) is 23.2 Å². The standard InChI is InChI=1S/C19H21FN2O3S2/c20-17-6-8-18(9-7-17)26-14-19(23)21-10-12-22(13-11-21)27(24,25)15-16-4-2-1-3-5-16/h1-9H,10-15H2. The van der Waals surface area contributed by atoms with Crippen LogP contribution in [0.15, 0.2) is 59.5 Å². The molecular weight excluding hydrogens is 387 g/mol. The first-order valence-corrected chi connectivity index (χ1v) is 11.2. The van der Waals surface area contributed by atoms with Crippen molar-refractivity contribution in [1.82, 2.24) is 9.21 Å². The molecule has 1 heterocycles. The largest absolute Gasteiger partial charge is 0.339 e. The van der Waals surface area contributed by atoms with Crippen molar-refractivity contribution in [2.75, 3.05) is 31.9 Å². The highest BCUT2D eigenvalue weighted by atomic mass is 32.2. The molecule has 1 aliphatic heterocycles. The number of nitrogens with zero attached hydrogens (tertiary/aromatic N) is 2. The molecule has 1 aliphatic rings. The van der Waals surface area contributed by atoms with Crippen LogP contribution in [-0.4, -0.2) is 55.5 Å². The maximum Gasteiger partial charge on any atom is 0.233 e. The van der Waals surface area contributed by atoms with Crippen molar-refractivity contribution in [2.45, 2.75) is 10.6 Å². The van der Waals surface area contributed by atoms with Crippen LogP contribution in [-0.2, 0) is 20.6 Å². The fraction of sp³-hybridized carbons (Fsp3) is 0.316. The van der Waals surface area contributed by atoms with Gasteiger partial charge in [0, 0.05) is 31.1 Å². The zero-order chi connectivity index (χ0) is 19.3. The Morgan fingerprint density at radius 2 is 1.59 bits per heavy atom. The normalized spacial score (nSPS) is 15.7. The number of benzene rings is 2. The van der Waals surface area contributed by atoms with E-state index in [4.69, 9.17) is 0 Å². The van der Waals surface area contributed by atoms with Crippen LogP contribution in [0, 0.1) is 5.82 Å². The minimum Gasteiger partial charge on any atom is -0.339 e. The zero-order valence-electron chi connectivity index (χ0n) is 14.8. The van der Waals surface area contributed by atoms with Crippen LogP contribution in [0.25, 0.3) is 0 Å². The van der Waals surface area contributed by atoms with E-state index in [0.717, 1.165) is 10.5 Å². The number of rotatable bonds is 6.